The molecule has 0 aromatic heterocycles. The van der Waals surface area contributed by atoms with Crippen LogP contribution in [0, 0.1) is 0 Å². The largest absolute Gasteiger partial charge is 0.457 e. The minimum Gasteiger partial charge on any atom is -0.457 e. The number of nitrogens with zero attached hydrogens (tertiary/aromatic N) is 1. The molecular weight excluding hydrogens is 266 g/mol. The summed E-state index contributed by atoms with van der Waals surface area (Å²) < 4.78 is 5.74. The van der Waals surface area contributed by atoms with Gasteiger partial charge in [0.05, 0.1) is 6.54 Å². The van der Waals surface area contributed by atoms with E-state index in [0.717, 1.165) is 17.1 Å². The third-order valence-electron chi connectivity index (χ3n) is 2.79. The molecule has 0 saturated carbocycles. The summed E-state index contributed by atoms with van der Waals surface area (Å²) in [4.78, 5) is 10.9. The van der Waals surface area contributed by atoms with Crippen molar-refractivity contribution in [2.45, 2.75) is 6.92 Å². The molecule has 1 amide bonds. The first-order valence-corrected chi connectivity index (χ1v) is 6.61. The van der Waals surface area contributed by atoms with Crippen molar-refractivity contribution >= 4 is 12.0 Å². The first kappa shape index (κ1) is 14.8. The number of hydrogen-bond donors (Lipinski definition) is 1. The van der Waals surface area contributed by atoms with Crippen LogP contribution in [0.4, 0.5) is 0 Å². The van der Waals surface area contributed by atoms with Gasteiger partial charge in [-0.05, 0) is 29.8 Å². The first-order valence-electron chi connectivity index (χ1n) is 6.61. The molecule has 0 aliphatic heterocycles. The average Bonchev–Trinajstić information content (AvgIpc) is 2.48. The van der Waals surface area contributed by atoms with Crippen molar-refractivity contribution in [3.8, 4) is 11.5 Å². The molecule has 4 heteroatoms. The van der Waals surface area contributed by atoms with E-state index >= 15 is 0 Å². The predicted octanol–water partition coefficient (Wildman–Crippen LogP) is 3.73. The zero-order chi connectivity index (χ0) is 15.1. The topological polar surface area (TPSA) is 49.8 Å². The second-order valence-corrected chi connectivity index (χ2v) is 4.49. The minimum atomic E-state index is -0.388. The summed E-state index contributed by atoms with van der Waals surface area (Å²) in [6.07, 6.45) is 3.53. The summed E-state index contributed by atoms with van der Waals surface area (Å²) in [7, 11) is 0. The van der Waals surface area contributed by atoms with Crippen LogP contribution in [0.5, 0.6) is 11.5 Å². The van der Waals surface area contributed by atoms with Crippen LogP contribution >= 0.6 is 0 Å². The lowest BCUT2D eigenvalue weighted by Gasteiger charge is -2.08. The highest BCUT2D eigenvalue weighted by Crippen LogP contribution is 2.22. The summed E-state index contributed by atoms with van der Waals surface area (Å²) in [5, 5.41) is 9.92. The maximum Gasteiger partial charge on any atom is 0.243 e. The smallest absolute Gasteiger partial charge is 0.243 e. The number of ether oxygens (including phenoxy) is 1. The Morgan fingerprint density at radius 3 is 2.57 bits per heavy atom. The van der Waals surface area contributed by atoms with Gasteiger partial charge >= 0.3 is 0 Å². The monoisotopic (exact) mass is 283 g/mol. The fraction of sp³-hybridized carbons (Fsp3) is 0.118. The van der Waals surface area contributed by atoms with Crippen LogP contribution in [0.1, 0.15) is 12.5 Å². The maximum atomic E-state index is 10.9. The second-order valence-electron chi connectivity index (χ2n) is 4.49. The van der Waals surface area contributed by atoms with Gasteiger partial charge in [0.25, 0.3) is 0 Å². The Bertz CT molecular complexity index is 623. The van der Waals surface area contributed by atoms with Gasteiger partial charge in [0.15, 0.2) is 0 Å². The van der Waals surface area contributed by atoms with Gasteiger partial charge in [0.2, 0.25) is 5.91 Å². The molecule has 0 atom stereocenters. The molecule has 0 radical (unpaired) electrons. The maximum absolute atomic E-state index is 10.9. The third kappa shape index (κ3) is 4.78. The Morgan fingerprint density at radius 2 is 1.86 bits per heavy atom. The van der Waals surface area contributed by atoms with Crippen LogP contribution in [-0.2, 0) is 4.79 Å². The van der Waals surface area contributed by atoms with Crippen molar-refractivity contribution in [3.05, 3.63) is 66.2 Å². The van der Waals surface area contributed by atoms with Crippen LogP contribution in [0.3, 0.4) is 0 Å². The third-order valence-corrected chi connectivity index (χ3v) is 2.79. The zero-order valence-corrected chi connectivity index (χ0v) is 11.8. The normalized spacial score (nSPS) is 10.6. The molecule has 2 rings (SSSR count). The summed E-state index contributed by atoms with van der Waals surface area (Å²) in [6, 6.07) is 17.1. The van der Waals surface area contributed by atoms with Crippen molar-refractivity contribution < 1.29 is 14.7 Å². The first-order chi connectivity index (χ1) is 10.1. The Hall–Kier alpha value is -2.59. The van der Waals surface area contributed by atoms with Crippen LogP contribution in [0.2, 0.25) is 0 Å². The van der Waals surface area contributed by atoms with E-state index in [-0.39, 0.29) is 12.5 Å². The van der Waals surface area contributed by atoms with Crippen molar-refractivity contribution in [1.29, 1.82) is 0 Å². The molecule has 4 nitrogen and oxygen atoms in total. The lowest BCUT2D eigenvalue weighted by Crippen LogP contribution is -2.24. The molecule has 0 bridgehead atoms. The van der Waals surface area contributed by atoms with E-state index in [1.54, 1.807) is 6.08 Å². The van der Waals surface area contributed by atoms with Crippen LogP contribution in [0.25, 0.3) is 6.08 Å². The Morgan fingerprint density at radius 1 is 1.14 bits per heavy atom. The molecule has 0 aliphatic carbocycles. The number of para-hydroxylation sites is 1. The van der Waals surface area contributed by atoms with Crippen molar-refractivity contribution in [2.75, 3.05) is 6.54 Å². The molecule has 2 aromatic rings. The fourth-order valence-electron chi connectivity index (χ4n) is 1.72. The average molecular weight is 283 g/mol. The standard InChI is InChI=1S/C17H17NO3/c1-14(19)18(20)12-6-8-15-7-5-11-17(13-15)21-16-9-3-2-4-10-16/h2-11,13,20H,12H2,1H3/b8-6-. The lowest BCUT2D eigenvalue weighted by atomic mass is 10.2. The molecule has 0 unspecified atom stereocenters. The fourth-order valence-corrected chi connectivity index (χ4v) is 1.72. The molecule has 2 aromatic carbocycles. The van der Waals surface area contributed by atoms with Gasteiger partial charge in [-0.25, -0.2) is 5.06 Å². The highest BCUT2D eigenvalue weighted by atomic mass is 16.5. The minimum absolute atomic E-state index is 0.152. The van der Waals surface area contributed by atoms with Gasteiger partial charge in [-0.3, -0.25) is 10.0 Å². The molecule has 0 aliphatic rings. The summed E-state index contributed by atoms with van der Waals surface area (Å²) in [6.45, 7) is 1.46. The van der Waals surface area contributed by atoms with E-state index in [4.69, 9.17) is 4.74 Å². The zero-order valence-electron chi connectivity index (χ0n) is 11.8. The Labute approximate surface area is 123 Å². The number of carbonyl (C=O) groups excluding carboxylic acids is 1. The second kappa shape index (κ2) is 7.26. The van der Waals surface area contributed by atoms with Gasteiger partial charge < -0.3 is 4.74 Å². The highest BCUT2D eigenvalue weighted by molar-refractivity contribution is 5.72. The number of carbonyl (C=O) groups is 1. The number of benzene rings is 2. The molecule has 0 fully saturated rings. The van der Waals surface area contributed by atoms with Gasteiger partial charge in [-0.15, -0.1) is 0 Å². The van der Waals surface area contributed by atoms with E-state index in [0.29, 0.717) is 5.06 Å². The van der Waals surface area contributed by atoms with Crippen molar-refractivity contribution in [2.24, 2.45) is 0 Å². The van der Waals surface area contributed by atoms with E-state index < -0.39 is 0 Å². The van der Waals surface area contributed by atoms with E-state index in [1.165, 1.54) is 6.92 Å². The van der Waals surface area contributed by atoms with Gasteiger partial charge in [0, 0.05) is 6.92 Å². The van der Waals surface area contributed by atoms with Crippen LogP contribution < -0.4 is 4.74 Å². The van der Waals surface area contributed by atoms with Gasteiger partial charge in [-0.2, -0.15) is 0 Å². The number of hydrogen-bond acceptors (Lipinski definition) is 3. The molecule has 0 saturated heterocycles. The highest BCUT2D eigenvalue weighted by Gasteiger charge is 2.00. The number of hydroxylamine groups is 2. The molecule has 1 N–H and O–H groups in total. The van der Waals surface area contributed by atoms with Gasteiger partial charge in [0.1, 0.15) is 11.5 Å². The molecule has 21 heavy (non-hydrogen) atoms. The van der Waals surface area contributed by atoms with Crippen molar-refractivity contribution in [3.63, 3.8) is 0 Å². The summed E-state index contributed by atoms with van der Waals surface area (Å²) in [5.74, 6) is 1.12. The van der Waals surface area contributed by atoms with Crippen LogP contribution in [-0.4, -0.2) is 22.7 Å². The summed E-state index contributed by atoms with van der Waals surface area (Å²) >= 11 is 0. The molecule has 0 heterocycles. The van der Waals surface area contributed by atoms with E-state index in [1.807, 2.05) is 60.7 Å². The Balaban J connectivity index is 2.01. The molecule has 0 spiro atoms. The van der Waals surface area contributed by atoms with Crippen molar-refractivity contribution in [1.82, 2.24) is 5.06 Å². The van der Waals surface area contributed by atoms with Crippen LogP contribution in [0.15, 0.2) is 60.7 Å². The quantitative estimate of drug-likeness (QED) is 0.672. The predicted molar refractivity (Wildman–Crippen MR) is 81.2 cm³/mol. The SMILES string of the molecule is CC(=O)N(O)C/C=C\c1cccc(Oc2ccccc2)c1. The van der Waals surface area contributed by atoms with E-state index in [9.17, 15) is 10.0 Å². The number of rotatable bonds is 5. The molecular formula is C17H17NO3. The number of amides is 1. The Kier molecular flexibility index (Phi) is 5.12. The lowest BCUT2D eigenvalue weighted by molar-refractivity contribution is -0.160. The summed E-state index contributed by atoms with van der Waals surface area (Å²) in [5.41, 5.74) is 0.931. The van der Waals surface area contributed by atoms with E-state index in [2.05, 4.69) is 0 Å². The molecule has 108 valence electrons. The van der Waals surface area contributed by atoms with Gasteiger partial charge in [-0.1, -0.05) is 42.5 Å².